The van der Waals surface area contributed by atoms with Gasteiger partial charge in [-0.2, -0.15) is 0 Å². The van der Waals surface area contributed by atoms with Crippen LogP contribution in [0.1, 0.15) is 20.8 Å². The van der Waals surface area contributed by atoms with E-state index in [9.17, 15) is 19.5 Å². The zero-order chi connectivity index (χ0) is 22.9. The highest BCUT2D eigenvalue weighted by Crippen LogP contribution is 2.34. The number of nitrogens with one attached hydrogen (secondary N) is 1. The van der Waals surface area contributed by atoms with E-state index in [0.717, 1.165) is 0 Å². The summed E-state index contributed by atoms with van der Waals surface area (Å²) < 4.78 is 27.2. The van der Waals surface area contributed by atoms with Crippen molar-refractivity contribution in [2.75, 3.05) is 12.4 Å². The molecule has 1 aliphatic rings. The molecule has 11 nitrogen and oxygen atoms in total. The number of rotatable bonds is 5. The highest BCUT2D eigenvalue weighted by molar-refractivity contribution is 5.91. The lowest BCUT2D eigenvalue weighted by atomic mass is 9.89. The van der Waals surface area contributed by atoms with Crippen molar-refractivity contribution in [1.29, 1.82) is 0 Å². The lowest BCUT2D eigenvalue weighted by molar-refractivity contribution is -0.304. The van der Waals surface area contributed by atoms with Gasteiger partial charge in [0.2, 0.25) is 12.2 Å². The normalized spacial score (nSPS) is 25.1. The number of carbonyl (C=O) groups excluding carboxylic acids is 2. The molecule has 11 heteroatoms. The molecule has 0 spiro atoms. The highest BCUT2D eigenvalue weighted by Gasteiger charge is 2.53. The Morgan fingerprint density at radius 3 is 2.58 bits per heavy atom. The molecule has 1 aromatic heterocycles. The van der Waals surface area contributed by atoms with Crippen LogP contribution in [0.4, 0.5) is 10.5 Å². The van der Waals surface area contributed by atoms with Gasteiger partial charge in [0.25, 0.3) is 0 Å². The van der Waals surface area contributed by atoms with Crippen LogP contribution in [0, 0.1) is 0 Å². The Morgan fingerprint density at radius 2 is 1.97 bits per heavy atom. The van der Waals surface area contributed by atoms with Crippen LogP contribution in [0.3, 0.4) is 0 Å². The largest absolute Gasteiger partial charge is 0.462 e. The number of ether oxygens (including phenoxy) is 4. The summed E-state index contributed by atoms with van der Waals surface area (Å²) in [5.41, 5.74) is 3.60. The van der Waals surface area contributed by atoms with Gasteiger partial charge in [0.05, 0.1) is 5.60 Å². The third kappa shape index (κ3) is 4.79. The number of aliphatic hydroxyl groups is 1. The van der Waals surface area contributed by atoms with Crippen molar-refractivity contribution in [2.45, 2.75) is 51.0 Å². The van der Waals surface area contributed by atoms with E-state index in [1.807, 2.05) is 0 Å². The van der Waals surface area contributed by atoms with Crippen LogP contribution in [0.15, 0.2) is 33.5 Å². The molecular formula is C20H24N2O9. The first-order valence-corrected chi connectivity index (χ1v) is 9.38. The van der Waals surface area contributed by atoms with Gasteiger partial charge in [-0.3, -0.25) is 4.79 Å². The Bertz CT molecular complexity index is 1050. The Hall–Kier alpha value is -3.15. The summed E-state index contributed by atoms with van der Waals surface area (Å²) in [4.78, 5) is 34.6. The Kier molecular flexibility index (Phi) is 6.20. The van der Waals surface area contributed by atoms with E-state index in [4.69, 9.17) is 29.1 Å². The summed E-state index contributed by atoms with van der Waals surface area (Å²) in [6.45, 7) is 4.65. The van der Waals surface area contributed by atoms with E-state index < -0.39 is 47.8 Å². The van der Waals surface area contributed by atoms with Gasteiger partial charge in [0.1, 0.15) is 23.1 Å². The molecule has 1 unspecified atom stereocenters. The van der Waals surface area contributed by atoms with Gasteiger partial charge >= 0.3 is 11.7 Å². The third-order valence-electron chi connectivity index (χ3n) is 4.80. The average molecular weight is 436 g/mol. The van der Waals surface area contributed by atoms with Gasteiger partial charge in [-0.1, -0.05) is 0 Å². The Morgan fingerprint density at radius 1 is 1.26 bits per heavy atom. The van der Waals surface area contributed by atoms with Gasteiger partial charge in [-0.15, -0.1) is 0 Å². The van der Waals surface area contributed by atoms with Crippen LogP contribution in [0.25, 0.3) is 11.0 Å². The fourth-order valence-corrected chi connectivity index (χ4v) is 3.52. The van der Waals surface area contributed by atoms with E-state index in [0.29, 0.717) is 5.39 Å². The van der Waals surface area contributed by atoms with E-state index in [2.05, 4.69) is 5.32 Å². The molecule has 1 aliphatic heterocycles. The smallest absolute Gasteiger partial charge is 0.404 e. The molecule has 2 heterocycles. The molecule has 1 aromatic carbocycles. The Balaban J connectivity index is 1.88. The minimum absolute atomic E-state index is 0.0125. The zero-order valence-electron chi connectivity index (χ0n) is 17.4. The van der Waals surface area contributed by atoms with Crippen molar-refractivity contribution in [3.8, 4) is 5.75 Å². The second kappa shape index (κ2) is 8.53. The van der Waals surface area contributed by atoms with Gasteiger partial charge in [-0.25, -0.2) is 9.59 Å². The van der Waals surface area contributed by atoms with Crippen molar-refractivity contribution in [1.82, 2.24) is 0 Å². The first-order chi connectivity index (χ1) is 14.5. The molecule has 0 aliphatic carbocycles. The van der Waals surface area contributed by atoms with Crippen LogP contribution in [-0.2, 0) is 19.0 Å². The van der Waals surface area contributed by atoms with Crippen molar-refractivity contribution in [3.05, 3.63) is 34.7 Å². The molecule has 168 valence electrons. The quantitative estimate of drug-likeness (QED) is 0.583. The van der Waals surface area contributed by atoms with E-state index in [-0.39, 0.29) is 17.0 Å². The molecule has 2 aromatic rings. The lowest BCUT2D eigenvalue weighted by Crippen LogP contribution is -2.65. The van der Waals surface area contributed by atoms with Crippen molar-refractivity contribution in [3.63, 3.8) is 0 Å². The second-order valence-corrected chi connectivity index (χ2v) is 7.58. The molecule has 4 N–H and O–H groups in total. The molecule has 4 atom stereocenters. The van der Waals surface area contributed by atoms with Crippen LogP contribution >= 0.6 is 0 Å². The summed E-state index contributed by atoms with van der Waals surface area (Å²) in [6.07, 6.45) is -5.69. The number of fused-ring (bicyclic) bond motifs is 1. The summed E-state index contributed by atoms with van der Waals surface area (Å²) in [7, 11) is 1.39. The lowest BCUT2D eigenvalue weighted by Gasteiger charge is -2.47. The number of anilines is 1. The minimum Gasteiger partial charge on any atom is -0.462 e. The van der Waals surface area contributed by atoms with Crippen LogP contribution < -0.4 is 21.4 Å². The number of amides is 2. The SMILES string of the molecule is COC1[C@H](OC(N)=O)[C@H](O)[C@H](Oc2ccc3cc(NC(C)=O)c(=O)oc3c2)OC1(C)C. The second-order valence-electron chi connectivity index (χ2n) is 7.58. The standard InChI is InChI=1S/C20H24N2O9/c1-9(23)22-12-7-10-5-6-11(8-13(10)29-17(12)25)28-18-14(24)15(30-19(21)26)16(27-4)20(2,3)31-18/h5-8,14-16,18,24H,1-4H3,(H2,21,26)(H,22,23)/t14-,15+,16?,18+/m0/s1. The number of hydrogen-bond donors (Lipinski definition) is 3. The predicted molar refractivity (Wildman–Crippen MR) is 108 cm³/mol. The van der Waals surface area contributed by atoms with Crippen molar-refractivity contribution < 1.29 is 38.1 Å². The maximum Gasteiger partial charge on any atom is 0.404 e. The van der Waals surface area contributed by atoms with Crippen LogP contribution in [0.2, 0.25) is 0 Å². The molecule has 0 bridgehead atoms. The maximum absolute atomic E-state index is 12.1. The molecule has 3 rings (SSSR count). The first kappa shape index (κ1) is 22.5. The minimum atomic E-state index is -1.42. The van der Waals surface area contributed by atoms with E-state index in [1.54, 1.807) is 26.0 Å². The Labute approximate surface area is 177 Å². The van der Waals surface area contributed by atoms with Gasteiger partial charge in [-0.05, 0) is 32.0 Å². The van der Waals surface area contributed by atoms with Crippen LogP contribution in [0.5, 0.6) is 5.75 Å². The average Bonchev–Trinajstić information content (AvgIpc) is 2.65. The molecule has 31 heavy (non-hydrogen) atoms. The maximum atomic E-state index is 12.1. The number of primary amides is 1. The number of hydrogen-bond acceptors (Lipinski definition) is 9. The molecule has 0 saturated carbocycles. The number of nitrogens with two attached hydrogens (primary N) is 1. The monoisotopic (exact) mass is 436 g/mol. The van der Waals surface area contributed by atoms with Gasteiger partial charge < -0.3 is 39.5 Å². The van der Waals surface area contributed by atoms with Gasteiger partial charge in [0.15, 0.2) is 12.2 Å². The summed E-state index contributed by atoms with van der Waals surface area (Å²) >= 11 is 0. The number of carbonyl (C=O) groups is 2. The molecule has 0 radical (unpaired) electrons. The topological polar surface area (TPSA) is 160 Å². The number of benzene rings is 1. The summed E-state index contributed by atoms with van der Waals surface area (Å²) in [5, 5.41) is 13.6. The van der Waals surface area contributed by atoms with Crippen molar-refractivity contribution >= 4 is 28.7 Å². The van der Waals surface area contributed by atoms with Crippen molar-refractivity contribution in [2.24, 2.45) is 5.73 Å². The molecule has 1 saturated heterocycles. The van der Waals surface area contributed by atoms with E-state index >= 15 is 0 Å². The van der Waals surface area contributed by atoms with Crippen LogP contribution in [-0.4, -0.2) is 54.4 Å². The van der Waals surface area contributed by atoms with Gasteiger partial charge in [0, 0.05) is 25.5 Å². The highest BCUT2D eigenvalue weighted by atomic mass is 16.7. The fourth-order valence-electron chi connectivity index (χ4n) is 3.52. The molecule has 1 fully saturated rings. The van der Waals surface area contributed by atoms with E-state index in [1.165, 1.54) is 26.2 Å². The number of aliphatic hydroxyl groups excluding tert-OH is 1. The molecule has 2 amide bonds. The summed E-state index contributed by atoms with van der Waals surface area (Å²) in [6, 6.07) is 6.08. The zero-order valence-corrected chi connectivity index (χ0v) is 17.4. The third-order valence-corrected chi connectivity index (χ3v) is 4.80. The molecular weight excluding hydrogens is 412 g/mol. The predicted octanol–water partition coefficient (Wildman–Crippen LogP) is 1.10. The summed E-state index contributed by atoms with van der Waals surface area (Å²) in [5.74, 6) is -0.184. The number of methoxy groups -OCH3 is 1. The first-order valence-electron chi connectivity index (χ1n) is 9.38. The fraction of sp³-hybridized carbons (Fsp3) is 0.450.